The number of rotatable bonds is 8. The van der Waals surface area contributed by atoms with Crippen LogP contribution < -0.4 is 24.8 Å². The monoisotopic (exact) mass is 722 g/mol. The number of aryl methyl sites for hydroxylation is 2. The minimum atomic E-state index is 0. The Balaban J connectivity index is 0.000000281. The largest absolute Gasteiger partial charge is 4.00 e. The molecule has 0 aliphatic heterocycles. The van der Waals surface area contributed by atoms with Crippen LogP contribution in [0.15, 0.2) is 84.9 Å². The fraction of sp³-hybridized carbons (Fsp3) is 0.316. The first-order valence-corrected chi connectivity index (χ1v) is 16.6. The van der Waals surface area contributed by atoms with Crippen LogP contribution in [0.4, 0.5) is 0 Å². The molecule has 0 fully saturated rings. The van der Waals surface area contributed by atoms with Crippen LogP contribution >= 0.6 is 22.7 Å². The summed E-state index contributed by atoms with van der Waals surface area (Å²) >= 11 is 3.88. The van der Waals surface area contributed by atoms with Crippen LogP contribution in [0.25, 0.3) is 42.4 Å². The number of halogens is 2. The van der Waals surface area contributed by atoms with Gasteiger partial charge in [0.1, 0.15) is 0 Å². The summed E-state index contributed by atoms with van der Waals surface area (Å²) in [6.45, 7) is 13.6. The van der Waals surface area contributed by atoms with Crippen molar-refractivity contribution in [2.24, 2.45) is 0 Å². The predicted octanol–water partition coefficient (Wildman–Crippen LogP) is 6.73. The van der Waals surface area contributed by atoms with E-state index >= 15 is 0 Å². The van der Waals surface area contributed by atoms with Crippen molar-refractivity contribution >= 4 is 44.2 Å². The molecule has 0 saturated heterocycles. The quantitative estimate of drug-likeness (QED) is 0.153. The molecule has 43 heavy (non-hydrogen) atoms. The number of hydrogen-bond donors (Lipinski definition) is 0. The number of hydrogen-bond acceptors (Lipinski definition) is 2. The second-order valence-electron chi connectivity index (χ2n) is 11.5. The fourth-order valence-electron chi connectivity index (χ4n) is 5.64. The van der Waals surface area contributed by atoms with E-state index in [1.165, 1.54) is 89.0 Å². The molecule has 0 aliphatic rings. The molecule has 4 aromatic carbocycles. The van der Waals surface area contributed by atoms with Crippen molar-refractivity contribution in [1.29, 1.82) is 0 Å². The molecular weight excluding hydrogens is 683 g/mol. The van der Waals surface area contributed by atoms with Crippen LogP contribution in [0.2, 0.25) is 0 Å². The molecule has 0 aliphatic carbocycles. The van der Waals surface area contributed by atoms with Gasteiger partial charge in [0.25, 0.3) is 0 Å². The zero-order chi connectivity index (χ0) is 28.2. The van der Waals surface area contributed by atoms with Crippen LogP contribution in [-0.4, -0.2) is 0 Å². The van der Waals surface area contributed by atoms with Crippen molar-refractivity contribution in [3.63, 3.8) is 0 Å². The van der Waals surface area contributed by atoms with Gasteiger partial charge in [-0.25, -0.2) is 0 Å². The van der Waals surface area contributed by atoms with Gasteiger partial charge in [-0.2, -0.15) is 22.7 Å². The fourth-order valence-corrected chi connectivity index (χ4v) is 7.83. The third-order valence-corrected chi connectivity index (χ3v) is 10.1. The van der Waals surface area contributed by atoms with E-state index in [0.717, 1.165) is 0 Å². The maximum atomic E-state index is 2.37. The van der Waals surface area contributed by atoms with Gasteiger partial charge in [-0.1, -0.05) is 114 Å². The van der Waals surface area contributed by atoms with Crippen molar-refractivity contribution in [3.8, 4) is 20.9 Å². The summed E-state index contributed by atoms with van der Waals surface area (Å²) in [5, 5.41) is 5.58. The Kier molecular flexibility index (Phi) is 15.2. The zero-order valence-electron chi connectivity index (χ0n) is 26.1. The van der Waals surface area contributed by atoms with Gasteiger partial charge in [0.05, 0.1) is 0 Å². The first-order valence-electron chi connectivity index (χ1n) is 14.9. The van der Waals surface area contributed by atoms with Gasteiger partial charge in [-0.05, 0) is 44.2 Å². The van der Waals surface area contributed by atoms with Crippen LogP contribution in [0.3, 0.4) is 0 Å². The third-order valence-electron chi connectivity index (χ3n) is 7.70. The Morgan fingerprint density at radius 1 is 0.581 bits per heavy atom. The minimum Gasteiger partial charge on any atom is -1.00 e. The summed E-state index contributed by atoms with van der Waals surface area (Å²) in [5.41, 5.74) is 5.67. The Hall–Kier alpha value is -1.48. The average Bonchev–Trinajstić information content (AvgIpc) is 3.73. The molecule has 0 spiro atoms. The summed E-state index contributed by atoms with van der Waals surface area (Å²) in [6, 6.07) is 31.9. The van der Waals surface area contributed by atoms with Crippen molar-refractivity contribution in [2.45, 2.75) is 79.1 Å². The third kappa shape index (κ3) is 8.83. The molecule has 0 nitrogen and oxygen atoms in total. The summed E-state index contributed by atoms with van der Waals surface area (Å²) in [6.07, 6.45) is 4.84. The van der Waals surface area contributed by atoms with Gasteiger partial charge in [0, 0.05) is 0 Å². The summed E-state index contributed by atoms with van der Waals surface area (Å²) in [7, 11) is 0. The van der Waals surface area contributed by atoms with Crippen molar-refractivity contribution < 1.29 is 51.0 Å². The van der Waals surface area contributed by atoms with E-state index in [9.17, 15) is 0 Å². The SMILES string of the molecule is CCCc1ccc(-c2cc3c(C(C)C)cccc3[cH-]2)s1.CCCc1ccc(-c2cc3c(C(C)C)cccc3[cH-]2)s1.[Cl-].[Cl-].[Zr+4]. The summed E-state index contributed by atoms with van der Waals surface area (Å²) < 4.78 is 0. The normalized spacial score (nSPS) is 10.8. The minimum absolute atomic E-state index is 0. The molecule has 6 aromatic rings. The molecular formula is C38H42Cl2S2Zr. The van der Waals surface area contributed by atoms with Gasteiger partial charge in [-0.3, -0.25) is 0 Å². The van der Waals surface area contributed by atoms with Crippen LogP contribution in [0, 0.1) is 0 Å². The van der Waals surface area contributed by atoms with E-state index < -0.39 is 0 Å². The molecule has 0 bridgehead atoms. The average molecular weight is 725 g/mol. The molecule has 0 unspecified atom stereocenters. The smallest absolute Gasteiger partial charge is 1.00 e. The molecule has 5 heteroatoms. The van der Waals surface area contributed by atoms with Crippen molar-refractivity contribution in [3.05, 3.63) is 106 Å². The molecule has 0 amide bonds. The molecule has 0 saturated carbocycles. The zero-order valence-corrected chi connectivity index (χ0v) is 31.7. The van der Waals surface area contributed by atoms with Gasteiger partial charge >= 0.3 is 26.2 Å². The predicted molar refractivity (Wildman–Crippen MR) is 182 cm³/mol. The molecule has 224 valence electrons. The number of benzene rings is 2. The van der Waals surface area contributed by atoms with E-state index in [1.54, 1.807) is 0 Å². The second-order valence-corrected chi connectivity index (χ2v) is 13.9. The van der Waals surface area contributed by atoms with Gasteiger partial charge in [0.15, 0.2) is 0 Å². The maximum Gasteiger partial charge on any atom is 4.00 e. The Bertz CT molecular complexity index is 1570. The van der Waals surface area contributed by atoms with Crippen LogP contribution in [0.5, 0.6) is 0 Å². The number of fused-ring (bicyclic) bond motifs is 2. The van der Waals surface area contributed by atoms with E-state index in [4.69, 9.17) is 0 Å². The van der Waals surface area contributed by atoms with E-state index in [1.807, 2.05) is 22.7 Å². The maximum absolute atomic E-state index is 2.37. The molecule has 6 rings (SSSR count). The van der Waals surface area contributed by atoms with E-state index in [-0.39, 0.29) is 51.0 Å². The Labute approximate surface area is 298 Å². The molecule has 2 aromatic heterocycles. The van der Waals surface area contributed by atoms with Crippen molar-refractivity contribution in [2.75, 3.05) is 0 Å². The standard InChI is InChI=1S/2C19H21S.2ClH.Zr/c2*1-4-6-16-9-10-19(20-16)15-11-14-7-5-8-17(13(2)3)18(14)12-15;;;/h2*5,7-13H,4,6H2,1-3H3;2*1H;/q2*-1;;;+4/p-2. The number of thiophene rings is 2. The Morgan fingerprint density at radius 3 is 1.33 bits per heavy atom. The van der Waals surface area contributed by atoms with Crippen LogP contribution in [0.1, 0.15) is 87.1 Å². The molecule has 2 heterocycles. The van der Waals surface area contributed by atoms with Crippen LogP contribution in [-0.2, 0) is 39.0 Å². The van der Waals surface area contributed by atoms with E-state index in [0.29, 0.717) is 11.8 Å². The van der Waals surface area contributed by atoms with Gasteiger partial charge in [-0.15, -0.1) is 69.1 Å². The molecule has 0 N–H and O–H groups in total. The van der Waals surface area contributed by atoms with Gasteiger partial charge < -0.3 is 24.8 Å². The summed E-state index contributed by atoms with van der Waals surface area (Å²) in [5.74, 6) is 1.15. The second kappa shape index (κ2) is 17.3. The topological polar surface area (TPSA) is 0 Å². The van der Waals surface area contributed by atoms with Crippen molar-refractivity contribution in [1.82, 2.24) is 0 Å². The van der Waals surface area contributed by atoms with E-state index in [2.05, 4.69) is 126 Å². The summed E-state index contributed by atoms with van der Waals surface area (Å²) in [4.78, 5) is 5.80. The Morgan fingerprint density at radius 2 is 0.977 bits per heavy atom. The molecule has 0 radical (unpaired) electrons. The first-order chi connectivity index (χ1) is 19.4. The first kappa shape index (κ1) is 37.7. The van der Waals surface area contributed by atoms with Gasteiger partial charge in [0.2, 0.25) is 0 Å². The molecule has 0 atom stereocenters.